The van der Waals surface area contributed by atoms with Crippen LogP contribution in [0.2, 0.25) is 0 Å². The Hall–Kier alpha value is -1.66. The minimum atomic E-state index is -1.36. The molecule has 5 N–H and O–H groups in total. The Morgan fingerprint density at radius 3 is 2.00 bits per heavy atom. The van der Waals surface area contributed by atoms with Crippen LogP contribution in [0.1, 0.15) is 11.7 Å². The summed E-state index contributed by atoms with van der Waals surface area (Å²) in [6.07, 6.45) is -7.62. The molecule has 0 radical (unpaired) electrons. The molecule has 27 heavy (non-hydrogen) atoms. The number of phenolic OH excluding ortho intramolecular Hbond substituents is 1. The summed E-state index contributed by atoms with van der Waals surface area (Å²) in [7, 11) is 2.76. The summed E-state index contributed by atoms with van der Waals surface area (Å²) in [4.78, 5) is 0. The second kappa shape index (κ2) is 8.15. The van der Waals surface area contributed by atoms with Gasteiger partial charge in [0.15, 0.2) is 17.8 Å². The zero-order chi connectivity index (χ0) is 19.7. The molecule has 0 bridgehead atoms. The number of methoxy groups -OCH3 is 2. The van der Waals surface area contributed by atoms with Crippen molar-refractivity contribution in [3.63, 3.8) is 0 Å². The van der Waals surface area contributed by atoms with Crippen LogP contribution in [-0.2, 0) is 14.2 Å². The number of benzene rings is 1. The Balaban J connectivity index is 1.92. The van der Waals surface area contributed by atoms with Crippen LogP contribution < -0.4 is 9.47 Å². The van der Waals surface area contributed by atoms with Gasteiger partial charge >= 0.3 is 0 Å². The van der Waals surface area contributed by atoms with Gasteiger partial charge in [-0.3, -0.25) is 0 Å². The highest BCUT2D eigenvalue weighted by atomic mass is 16.7. The molecule has 7 atom stereocenters. The van der Waals surface area contributed by atoms with Crippen molar-refractivity contribution in [2.75, 3.05) is 27.4 Å². The molecule has 152 valence electrons. The quantitative estimate of drug-likeness (QED) is 0.411. The van der Waals surface area contributed by atoms with E-state index < -0.39 is 56.1 Å². The first-order valence-corrected chi connectivity index (χ1v) is 8.44. The number of phenols is 1. The van der Waals surface area contributed by atoms with Gasteiger partial charge in [-0.05, 0) is 17.7 Å². The Morgan fingerprint density at radius 2 is 1.48 bits per heavy atom. The maximum Gasteiger partial charge on any atom is 0.200 e. The molecule has 2 fully saturated rings. The number of aliphatic hydroxyl groups is 4. The van der Waals surface area contributed by atoms with Crippen molar-refractivity contribution in [1.29, 1.82) is 0 Å². The predicted molar refractivity (Wildman–Crippen MR) is 88.5 cm³/mol. The zero-order valence-electron chi connectivity index (χ0n) is 14.9. The van der Waals surface area contributed by atoms with Gasteiger partial charge in [0.1, 0.15) is 36.6 Å². The molecule has 0 aliphatic carbocycles. The van der Waals surface area contributed by atoms with Crippen molar-refractivity contribution >= 4 is 0 Å². The number of aliphatic hydroxyl groups excluding tert-OH is 4. The van der Waals surface area contributed by atoms with E-state index in [1.54, 1.807) is 0 Å². The maximum absolute atomic E-state index is 10.2. The minimum Gasteiger partial charge on any atom is -0.502 e. The lowest BCUT2D eigenvalue weighted by molar-refractivity contribution is -0.371. The van der Waals surface area contributed by atoms with Crippen LogP contribution in [-0.4, -0.2) is 89.8 Å². The van der Waals surface area contributed by atoms with Gasteiger partial charge in [0.05, 0.1) is 27.4 Å². The molecule has 2 aliphatic heterocycles. The Bertz CT molecular complexity index is 628. The molecule has 2 saturated heterocycles. The van der Waals surface area contributed by atoms with Crippen LogP contribution >= 0.6 is 0 Å². The van der Waals surface area contributed by atoms with E-state index in [0.29, 0.717) is 5.56 Å². The fourth-order valence-corrected chi connectivity index (χ4v) is 3.33. The molecule has 2 heterocycles. The molecule has 0 saturated carbocycles. The average Bonchev–Trinajstić information content (AvgIpc) is 2.70. The lowest BCUT2D eigenvalue weighted by Gasteiger charge is -2.48. The number of hydrogen-bond acceptors (Lipinski definition) is 10. The van der Waals surface area contributed by atoms with Crippen molar-refractivity contribution < 1.29 is 49.2 Å². The standard InChI is InChI=1S/C17H24O10/c1-23-8-3-7(4-9(24-2)12(8)20)15-11(6-19)25-16-14(22)13(21)10(5-18)26-17(16)27-15/h3-4,10-11,13-22H,5-6H2,1-2H3/t10-,11+,13+,14-,15+,16-,17-/m0/s1. The van der Waals surface area contributed by atoms with Gasteiger partial charge in [-0.2, -0.15) is 0 Å². The third kappa shape index (κ3) is 3.57. The molecule has 2 aliphatic rings. The summed E-state index contributed by atoms with van der Waals surface area (Å²) in [6, 6.07) is 3.01. The molecule has 3 rings (SSSR count). The SMILES string of the molecule is COc1cc([C@H]2O[C@@H]3O[C@@H](CO)[C@@H](O)[C@H](O)[C@@H]3O[C@@H]2CO)cc(OC)c1O. The first-order valence-electron chi connectivity index (χ1n) is 8.44. The highest BCUT2D eigenvalue weighted by molar-refractivity contribution is 5.53. The molecule has 10 heteroatoms. The highest BCUT2D eigenvalue weighted by Crippen LogP contribution is 2.43. The van der Waals surface area contributed by atoms with Gasteiger partial charge < -0.3 is 49.2 Å². The molecule has 1 aromatic rings. The second-order valence-corrected chi connectivity index (χ2v) is 6.36. The average molecular weight is 388 g/mol. The van der Waals surface area contributed by atoms with Crippen molar-refractivity contribution in [2.24, 2.45) is 0 Å². The van der Waals surface area contributed by atoms with Crippen LogP contribution in [0.5, 0.6) is 17.2 Å². The first-order chi connectivity index (χ1) is 12.9. The number of aromatic hydroxyl groups is 1. The summed E-state index contributed by atoms with van der Waals surface area (Å²) in [5.74, 6) is 0.0896. The van der Waals surface area contributed by atoms with Crippen molar-refractivity contribution in [3.05, 3.63) is 17.7 Å². The van der Waals surface area contributed by atoms with E-state index in [1.165, 1.54) is 26.4 Å². The number of fused-ring (bicyclic) bond motifs is 1. The third-order valence-electron chi connectivity index (χ3n) is 4.79. The lowest BCUT2D eigenvalue weighted by atomic mass is 9.95. The lowest BCUT2D eigenvalue weighted by Crippen LogP contribution is -2.63. The second-order valence-electron chi connectivity index (χ2n) is 6.36. The fraction of sp³-hybridized carbons (Fsp3) is 0.647. The summed E-state index contributed by atoms with van der Waals surface area (Å²) in [5.41, 5.74) is 0.476. The summed E-state index contributed by atoms with van der Waals surface area (Å²) < 4.78 is 27.4. The van der Waals surface area contributed by atoms with E-state index in [0.717, 1.165) is 0 Å². The van der Waals surface area contributed by atoms with Gasteiger partial charge in [0.25, 0.3) is 0 Å². The van der Waals surface area contributed by atoms with Gasteiger partial charge in [-0.15, -0.1) is 0 Å². The van der Waals surface area contributed by atoms with Crippen LogP contribution in [0.3, 0.4) is 0 Å². The molecule has 0 amide bonds. The normalized spacial score (nSPS) is 36.1. The molecular weight excluding hydrogens is 364 g/mol. The van der Waals surface area contributed by atoms with Crippen LogP contribution in [0.15, 0.2) is 12.1 Å². The zero-order valence-corrected chi connectivity index (χ0v) is 14.9. The van der Waals surface area contributed by atoms with E-state index in [9.17, 15) is 25.5 Å². The number of rotatable bonds is 5. The summed E-state index contributed by atoms with van der Waals surface area (Å²) in [6.45, 7) is -0.953. The smallest absolute Gasteiger partial charge is 0.200 e. The van der Waals surface area contributed by atoms with Gasteiger partial charge in [-0.25, -0.2) is 0 Å². The minimum absolute atomic E-state index is 0.139. The summed E-state index contributed by atoms with van der Waals surface area (Å²) >= 11 is 0. The molecule has 1 aromatic carbocycles. The largest absolute Gasteiger partial charge is 0.502 e. The molecule has 10 nitrogen and oxygen atoms in total. The van der Waals surface area contributed by atoms with Crippen LogP contribution in [0.25, 0.3) is 0 Å². The van der Waals surface area contributed by atoms with Gasteiger partial charge in [-0.1, -0.05) is 0 Å². The maximum atomic E-state index is 10.2. The molecular formula is C17H24O10. The van der Waals surface area contributed by atoms with E-state index in [4.69, 9.17) is 23.7 Å². The third-order valence-corrected chi connectivity index (χ3v) is 4.79. The summed E-state index contributed by atoms with van der Waals surface area (Å²) in [5, 5.41) is 49.4. The Kier molecular flexibility index (Phi) is 6.06. The van der Waals surface area contributed by atoms with Crippen molar-refractivity contribution in [2.45, 2.75) is 42.9 Å². The first kappa shape index (κ1) is 20.1. The Morgan fingerprint density at radius 1 is 0.889 bits per heavy atom. The Labute approximate surface area is 155 Å². The monoisotopic (exact) mass is 388 g/mol. The topological polar surface area (TPSA) is 147 Å². The fourth-order valence-electron chi connectivity index (χ4n) is 3.33. The molecule has 0 aromatic heterocycles. The van der Waals surface area contributed by atoms with Gasteiger partial charge in [0, 0.05) is 0 Å². The highest BCUT2D eigenvalue weighted by Gasteiger charge is 2.51. The molecule has 0 unspecified atom stereocenters. The van der Waals surface area contributed by atoms with E-state index in [2.05, 4.69) is 0 Å². The number of ether oxygens (including phenoxy) is 5. The van der Waals surface area contributed by atoms with E-state index in [1.807, 2.05) is 0 Å². The number of hydrogen-bond donors (Lipinski definition) is 5. The van der Waals surface area contributed by atoms with E-state index >= 15 is 0 Å². The van der Waals surface area contributed by atoms with Crippen LogP contribution in [0.4, 0.5) is 0 Å². The van der Waals surface area contributed by atoms with Crippen molar-refractivity contribution in [3.8, 4) is 17.2 Å². The molecule has 0 spiro atoms. The van der Waals surface area contributed by atoms with Crippen LogP contribution in [0, 0.1) is 0 Å². The van der Waals surface area contributed by atoms with E-state index in [-0.39, 0.29) is 17.2 Å². The van der Waals surface area contributed by atoms with Crippen molar-refractivity contribution in [1.82, 2.24) is 0 Å². The predicted octanol–water partition coefficient (Wildman–Crippen LogP) is -1.33. The van der Waals surface area contributed by atoms with Gasteiger partial charge in [0.2, 0.25) is 5.75 Å².